The number of amides is 1. The molecule has 0 saturated carbocycles. The van der Waals surface area contributed by atoms with Crippen molar-refractivity contribution in [2.45, 2.75) is 32.7 Å². The third-order valence-corrected chi connectivity index (χ3v) is 8.29. The number of nitrogens with zero attached hydrogens (tertiary/aromatic N) is 3. The molecule has 6 nitrogen and oxygen atoms in total. The molecule has 40 heavy (non-hydrogen) atoms. The maximum absolute atomic E-state index is 13.1. The first kappa shape index (κ1) is 25.9. The maximum Gasteiger partial charge on any atom is 0.283 e. The second kappa shape index (κ2) is 11.0. The fourth-order valence-corrected chi connectivity index (χ4v) is 5.92. The van der Waals surface area contributed by atoms with E-state index in [0.717, 1.165) is 39.9 Å². The lowest BCUT2D eigenvalue weighted by Gasteiger charge is -2.26. The third kappa shape index (κ3) is 4.89. The summed E-state index contributed by atoms with van der Waals surface area (Å²) in [4.78, 5) is 19.1. The van der Waals surface area contributed by atoms with E-state index in [4.69, 9.17) is 10.1 Å². The highest BCUT2D eigenvalue weighted by atomic mass is 32.2. The number of hydrogen-bond acceptors (Lipinski definition) is 4. The van der Waals surface area contributed by atoms with Gasteiger partial charge in [0.05, 0.1) is 17.8 Å². The van der Waals surface area contributed by atoms with Crippen molar-refractivity contribution in [1.82, 2.24) is 9.47 Å². The Balaban J connectivity index is 1.25. The zero-order chi connectivity index (χ0) is 27.6. The molecule has 0 unspecified atom stereocenters. The van der Waals surface area contributed by atoms with Crippen molar-refractivity contribution >= 4 is 51.3 Å². The number of nitrogens with one attached hydrogen (secondary N) is 1. The minimum Gasteiger partial charge on any atom is -0.492 e. The molecular weight excluding hydrogens is 516 g/mol. The van der Waals surface area contributed by atoms with Gasteiger partial charge in [0.15, 0.2) is 5.17 Å². The van der Waals surface area contributed by atoms with Crippen molar-refractivity contribution in [3.8, 4) is 5.75 Å². The van der Waals surface area contributed by atoms with Gasteiger partial charge in [-0.1, -0.05) is 86.3 Å². The number of amidine groups is 2. The van der Waals surface area contributed by atoms with Crippen molar-refractivity contribution in [3.05, 3.63) is 113 Å². The summed E-state index contributed by atoms with van der Waals surface area (Å²) in [7, 11) is 0. The van der Waals surface area contributed by atoms with Crippen LogP contribution in [0.1, 0.15) is 42.9 Å². The highest BCUT2D eigenvalue weighted by Gasteiger charge is 2.36. The third-order valence-electron chi connectivity index (χ3n) is 7.47. The van der Waals surface area contributed by atoms with Crippen LogP contribution in [0.4, 0.5) is 0 Å². The molecule has 1 aromatic heterocycles. The van der Waals surface area contributed by atoms with E-state index in [1.165, 1.54) is 17.3 Å². The summed E-state index contributed by atoms with van der Waals surface area (Å²) in [6.45, 7) is 5.59. The van der Waals surface area contributed by atoms with Crippen LogP contribution in [0.5, 0.6) is 5.75 Å². The van der Waals surface area contributed by atoms with E-state index in [-0.39, 0.29) is 11.4 Å². The zero-order valence-corrected chi connectivity index (χ0v) is 23.3. The SMILES string of the molecule is CC[C@H](C)c1ccc(OCCn2cc(/C=C3/C(=N)N4C(c5ccccc5)=CSC4=NC3=O)c3ccccc32)cc1. The van der Waals surface area contributed by atoms with Gasteiger partial charge in [0.1, 0.15) is 18.2 Å². The number of fused-ring (bicyclic) bond motifs is 2. The number of carbonyl (C=O) groups is 1. The number of benzene rings is 3. The Bertz CT molecular complexity index is 1680. The average Bonchev–Trinajstić information content (AvgIpc) is 3.57. The lowest BCUT2D eigenvalue weighted by Crippen LogP contribution is -2.38. The van der Waals surface area contributed by atoms with E-state index < -0.39 is 5.91 Å². The Morgan fingerprint density at radius 3 is 2.55 bits per heavy atom. The molecule has 3 heterocycles. The summed E-state index contributed by atoms with van der Waals surface area (Å²) in [6.07, 6.45) is 4.93. The van der Waals surface area contributed by atoms with Crippen LogP contribution < -0.4 is 4.74 Å². The van der Waals surface area contributed by atoms with Gasteiger partial charge >= 0.3 is 0 Å². The molecular formula is C33H30N4O2S. The summed E-state index contributed by atoms with van der Waals surface area (Å²) >= 11 is 1.37. The van der Waals surface area contributed by atoms with E-state index in [9.17, 15) is 4.79 Å². The molecule has 0 saturated heterocycles. The molecule has 0 spiro atoms. The van der Waals surface area contributed by atoms with E-state index in [0.29, 0.717) is 24.2 Å². The van der Waals surface area contributed by atoms with Crippen LogP contribution in [-0.2, 0) is 11.3 Å². The molecule has 0 radical (unpaired) electrons. The summed E-state index contributed by atoms with van der Waals surface area (Å²) in [5, 5.41) is 12.5. The van der Waals surface area contributed by atoms with Crippen LogP contribution in [0.3, 0.4) is 0 Å². The predicted molar refractivity (Wildman–Crippen MR) is 165 cm³/mol. The standard InChI is InChI=1S/C33H30N4O2S/c1-3-22(2)23-13-15-26(16-14-23)39-18-17-36-20-25(27-11-7-8-12-29(27)36)19-28-31(34)37-30(24-9-5-4-6-10-24)21-40-33(37)35-32(28)38/h4-16,19-22,34H,3,17-18H2,1-2H3/b28-19-,34-31?/t22-/m0/s1. The fourth-order valence-electron chi connectivity index (χ4n) is 5.04. The number of aliphatic imine (C=N–C) groups is 1. The number of thioether (sulfide) groups is 1. The van der Waals surface area contributed by atoms with E-state index >= 15 is 0 Å². The number of rotatable bonds is 8. The van der Waals surface area contributed by atoms with Crippen LogP contribution in [0.2, 0.25) is 0 Å². The molecule has 0 fully saturated rings. The molecule has 7 heteroatoms. The predicted octanol–water partition coefficient (Wildman–Crippen LogP) is 7.54. The number of hydrogen-bond donors (Lipinski definition) is 1. The van der Waals surface area contributed by atoms with Gasteiger partial charge in [0, 0.05) is 28.1 Å². The molecule has 0 aliphatic carbocycles. The Labute approximate surface area is 238 Å². The summed E-state index contributed by atoms with van der Waals surface area (Å²) in [5.74, 6) is 1.13. The molecule has 1 atom stereocenters. The van der Waals surface area contributed by atoms with E-state index in [2.05, 4.69) is 41.6 Å². The first-order valence-electron chi connectivity index (χ1n) is 13.5. The first-order valence-corrected chi connectivity index (χ1v) is 14.4. The molecule has 2 aliphatic heterocycles. The average molecular weight is 547 g/mol. The number of para-hydroxylation sites is 1. The minimum absolute atomic E-state index is 0.135. The van der Waals surface area contributed by atoms with E-state index in [1.54, 1.807) is 11.0 Å². The summed E-state index contributed by atoms with van der Waals surface area (Å²) < 4.78 is 8.21. The van der Waals surface area contributed by atoms with Crippen LogP contribution in [0, 0.1) is 5.41 Å². The molecule has 1 N–H and O–H groups in total. The van der Waals surface area contributed by atoms with Crippen molar-refractivity contribution in [3.63, 3.8) is 0 Å². The van der Waals surface area contributed by atoms with Gasteiger partial charge in [-0.05, 0) is 47.7 Å². The molecule has 1 amide bonds. The Morgan fingerprint density at radius 2 is 1.77 bits per heavy atom. The van der Waals surface area contributed by atoms with Crippen LogP contribution in [0.15, 0.2) is 101 Å². The fraction of sp³-hybridized carbons (Fsp3) is 0.182. The van der Waals surface area contributed by atoms with Gasteiger partial charge in [-0.15, -0.1) is 0 Å². The topological polar surface area (TPSA) is 70.7 Å². The van der Waals surface area contributed by atoms with Crippen molar-refractivity contribution in [1.29, 1.82) is 5.41 Å². The van der Waals surface area contributed by atoms with Gasteiger partial charge < -0.3 is 9.30 Å². The van der Waals surface area contributed by atoms with Crippen LogP contribution in [-0.4, -0.2) is 33.0 Å². The Morgan fingerprint density at radius 1 is 1.02 bits per heavy atom. The number of carbonyl (C=O) groups excluding carboxylic acids is 1. The monoisotopic (exact) mass is 546 g/mol. The van der Waals surface area contributed by atoms with Crippen molar-refractivity contribution in [2.75, 3.05) is 6.61 Å². The largest absolute Gasteiger partial charge is 0.492 e. The van der Waals surface area contributed by atoms with Crippen LogP contribution in [0.25, 0.3) is 22.7 Å². The normalized spacial score (nSPS) is 16.8. The second-order valence-electron chi connectivity index (χ2n) is 9.95. The molecule has 6 rings (SSSR count). The molecule has 4 aromatic rings. The molecule has 3 aromatic carbocycles. The lowest BCUT2D eigenvalue weighted by atomic mass is 9.99. The summed E-state index contributed by atoms with van der Waals surface area (Å²) in [5.41, 5.74) is 5.34. The number of ether oxygens (including phenoxy) is 1. The summed E-state index contributed by atoms with van der Waals surface area (Å²) in [6, 6.07) is 26.3. The minimum atomic E-state index is -0.396. The van der Waals surface area contributed by atoms with Crippen molar-refractivity contribution < 1.29 is 9.53 Å². The maximum atomic E-state index is 13.1. The highest BCUT2D eigenvalue weighted by molar-refractivity contribution is 8.17. The smallest absolute Gasteiger partial charge is 0.283 e. The highest BCUT2D eigenvalue weighted by Crippen LogP contribution is 2.37. The van der Waals surface area contributed by atoms with Gasteiger partial charge in [-0.3, -0.25) is 15.1 Å². The second-order valence-corrected chi connectivity index (χ2v) is 10.8. The zero-order valence-electron chi connectivity index (χ0n) is 22.5. The molecule has 200 valence electrons. The molecule has 0 bridgehead atoms. The first-order chi connectivity index (χ1) is 19.5. The van der Waals surface area contributed by atoms with Gasteiger partial charge in [0.2, 0.25) is 0 Å². The van der Waals surface area contributed by atoms with E-state index in [1.807, 2.05) is 72.3 Å². The Kier molecular flexibility index (Phi) is 7.13. The van der Waals surface area contributed by atoms with Crippen LogP contribution >= 0.6 is 11.8 Å². The van der Waals surface area contributed by atoms with Gasteiger partial charge in [-0.25, -0.2) is 0 Å². The Hall–Kier alpha value is -4.36. The van der Waals surface area contributed by atoms with Gasteiger partial charge in [0.25, 0.3) is 5.91 Å². The lowest BCUT2D eigenvalue weighted by molar-refractivity contribution is -0.114. The quantitative estimate of drug-likeness (QED) is 0.232. The molecule has 2 aliphatic rings. The number of aromatic nitrogens is 1. The van der Waals surface area contributed by atoms with Gasteiger partial charge in [-0.2, -0.15) is 4.99 Å². The van der Waals surface area contributed by atoms with Crippen molar-refractivity contribution in [2.24, 2.45) is 4.99 Å².